The zero-order valence-electron chi connectivity index (χ0n) is 6.43. The third-order valence-electron chi connectivity index (χ3n) is 1.71. The van der Waals surface area contributed by atoms with Gasteiger partial charge in [0, 0.05) is 12.2 Å². The van der Waals surface area contributed by atoms with E-state index < -0.39 is 11.0 Å². The Labute approximate surface area is 73.0 Å². The van der Waals surface area contributed by atoms with Gasteiger partial charge < -0.3 is 0 Å². The van der Waals surface area contributed by atoms with Gasteiger partial charge in [0.1, 0.15) is 5.71 Å². The Kier molecular flexibility index (Phi) is 1.70. The van der Waals surface area contributed by atoms with Gasteiger partial charge in [-0.25, -0.2) is 0 Å². The molecule has 13 heavy (non-hydrogen) atoms. The molecule has 6 nitrogen and oxygen atoms in total. The minimum Gasteiger partial charge on any atom is -0.298 e. The average Bonchev–Trinajstić information content (AvgIpc) is 2.44. The summed E-state index contributed by atoms with van der Waals surface area (Å²) < 4.78 is 0. The molecule has 0 fully saturated rings. The lowest BCUT2D eigenvalue weighted by atomic mass is 10.1. The molecule has 0 aromatic carbocycles. The van der Waals surface area contributed by atoms with Gasteiger partial charge in [-0.2, -0.15) is 0 Å². The van der Waals surface area contributed by atoms with E-state index in [0.717, 1.165) is 0 Å². The molecule has 1 aliphatic carbocycles. The molecule has 1 atom stereocenters. The molecule has 2 rings (SSSR count). The van der Waals surface area contributed by atoms with Crippen molar-refractivity contribution in [3.05, 3.63) is 39.8 Å². The molecule has 0 radical (unpaired) electrons. The van der Waals surface area contributed by atoms with Gasteiger partial charge in [0.15, 0.2) is 6.04 Å². The second kappa shape index (κ2) is 2.85. The van der Waals surface area contributed by atoms with Gasteiger partial charge in [-0.3, -0.25) is 15.1 Å². The summed E-state index contributed by atoms with van der Waals surface area (Å²) in [7, 11) is 0. The summed E-state index contributed by atoms with van der Waals surface area (Å²) in [5.41, 5.74) is 5.60. The molecule has 6 heteroatoms. The van der Waals surface area contributed by atoms with Gasteiger partial charge in [0.2, 0.25) is 0 Å². The number of allylic oxidation sites excluding steroid dienone is 1. The van der Waals surface area contributed by atoms with Gasteiger partial charge in [-0.15, -0.1) is 11.2 Å². The van der Waals surface area contributed by atoms with E-state index in [1.165, 1.54) is 18.2 Å². The van der Waals surface area contributed by atoms with E-state index in [9.17, 15) is 10.1 Å². The molecule has 66 valence electrons. The first-order valence-electron chi connectivity index (χ1n) is 3.55. The number of nitrogens with zero attached hydrogens (tertiary/aromatic N) is 2. The van der Waals surface area contributed by atoms with Crippen LogP contribution in [0, 0.1) is 10.1 Å². The number of oxime groups is 1. The minimum atomic E-state index is -0.596. The number of rotatable bonds is 1. The first kappa shape index (κ1) is 7.72. The molecular weight excluding hydrogens is 174 g/mol. The van der Waals surface area contributed by atoms with E-state index >= 15 is 0 Å². The molecule has 1 N–H and O–H groups in total. The van der Waals surface area contributed by atoms with E-state index in [4.69, 9.17) is 0 Å². The van der Waals surface area contributed by atoms with Crippen molar-refractivity contribution >= 4 is 5.71 Å². The van der Waals surface area contributed by atoms with Crippen LogP contribution in [0.25, 0.3) is 0 Å². The molecule has 0 aromatic heterocycles. The van der Waals surface area contributed by atoms with Crippen molar-refractivity contribution in [3.63, 3.8) is 0 Å². The van der Waals surface area contributed by atoms with Crippen LogP contribution in [0.3, 0.4) is 0 Å². The molecule has 0 bridgehead atoms. The number of hydroxylamine groups is 1. The summed E-state index contributed by atoms with van der Waals surface area (Å²) in [4.78, 5) is 14.6. The summed E-state index contributed by atoms with van der Waals surface area (Å²) in [5.74, 6) is 0. The maximum atomic E-state index is 10.6. The van der Waals surface area contributed by atoms with Crippen LogP contribution >= 0.6 is 0 Å². The predicted octanol–water partition coefficient (Wildman–Crippen LogP) is 0.131. The first-order valence-corrected chi connectivity index (χ1v) is 3.55. The number of hydrogen-bond acceptors (Lipinski definition) is 5. The molecule has 1 aliphatic heterocycles. The van der Waals surface area contributed by atoms with Gasteiger partial charge in [0.05, 0.1) is 4.92 Å². The second-order valence-corrected chi connectivity index (χ2v) is 2.48. The van der Waals surface area contributed by atoms with E-state index in [-0.39, 0.29) is 5.70 Å². The molecule has 0 aromatic rings. The maximum absolute atomic E-state index is 10.6. The Morgan fingerprint density at radius 2 is 2.62 bits per heavy atom. The molecule has 0 spiro atoms. The van der Waals surface area contributed by atoms with Crippen molar-refractivity contribution in [2.75, 3.05) is 0 Å². The number of fused-ring (bicyclic) bond motifs is 1. The Balaban J connectivity index is 2.44. The molecule has 1 unspecified atom stereocenters. The highest BCUT2D eigenvalue weighted by Crippen LogP contribution is 2.13. The number of nitro groups is 1. The standard InChI is InChI=1S/C7H5N3O3/c11-10(12)6-4-2-1-3-5-7(6)9-13-8-5/h2-4,7,9H. The number of nitrogens with one attached hydrogen (secondary N) is 1. The summed E-state index contributed by atoms with van der Waals surface area (Å²) in [6, 6.07) is -0.596. The Morgan fingerprint density at radius 1 is 1.77 bits per heavy atom. The fourth-order valence-corrected chi connectivity index (χ4v) is 1.10. The van der Waals surface area contributed by atoms with Crippen molar-refractivity contribution in [1.82, 2.24) is 5.48 Å². The van der Waals surface area contributed by atoms with Crippen LogP contribution in [0.2, 0.25) is 0 Å². The highest BCUT2D eigenvalue weighted by molar-refractivity contribution is 6.01. The fourth-order valence-electron chi connectivity index (χ4n) is 1.10. The Hall–Kier alpha value is -1.91. The zero-order valence-corrected chi connectivity index (χ0v) is 6.43. The third-order valence-corrected chi connectivity index (χ3v) is 1.71. The summed E-state index contributed by atoms with van der Waals surface area (Å²) in [5, 5.41) is 14.1. The van der Waals surface area contributed by atoms with Crippen LogP contribution in [0.15, 0.2) is 34.8 Å². The Bertz CT molecular complexity index is 376. The molecular formula is C7H5N3O3. The van der Waals surface area contributed by atoms with E-state index in [0.29, 0.717) is 5.71 Å². The van der Waals surface area contributed by atoms with Gasteiger partial charge in [-0.05, 0) is 6.08 Å². The van der Waals surface area contributed by atoms with E-state index in [1.54, 1.807) is 0 Å². The smallest absolute Gasteiger partial charge is 0.273 e. The Morgan fingerprint density at radius 3 is 3.38 bits per heavy atom. The molecule has 1 heterocycles. The van der Waals surface area contributed by atoms with Crippen molar-refractivity contribution in [3.8, 4) is 0 Å². The molecule has 2 aliphatic rings. The van der Waals surface area contributed by atoms with Gasteiger partial charge >= 0.3 is 0 Å². The van der Waals surface area contributed by atoms with Crippen LogP contribution in [0.4, 0.5) is 0 Å². The summed E-state index contributed by atoms with van der Waals surface area (Å²) in [6.45, 7) is 0. The van der Waals surface area contributed by atoms with Crippen molar-refractivity contribution < 1.29 is 9.86 Å². The van der Waals surface area contributed by atoms with Gasteiger partial charge in [0.25, 0.3) is 5.70 Å². The third kappa shape index (κ3) is 1.24. The lowest BCUT2D eigenvalue weighted by Crippen LogP contribution is -2.33. The molecule has 0 amide bonds. The highest BCUT2D eigenvalue weighted by atomic mass is 16.8. The maximum Gasteiger partial charge on any atom is 0.273 e. The fraction of sp³-hybridized carbons (Fsp3) is 0.143. The monoisotopic (exact) mass is 179 g/mol. The topological polar surface area (TPSA) is 76.8 Å². The van der Waals surface area contributed by atoms with Crippen LogP contribution in [-0.4, -0.2) is 16.7 Å². The van der Waals surface area contributed by atoms with Crippen molar-refractivity contribution in [1.29, 1.82) is 0 Å². The van der Waals surface area contributed by atoms with E-state index in [1.807, 2.05) is 0 Å². The summed E-state index contributed by atoms with van der Waals surface area (Å²) in [6.07, 6.45) is 4.38. The SMILES string of the molecule is O=[N+]([O-])C1=CC=C=CC2=NONC12. The second-order valence-electron chi connectivity index (χ2n) is 2.48. The van der Waals surface area contributed by atoms with Crippen molar-refractivity contribution in [2.45, 2.75) is 6.04 Å². The first-order chi connectivity index (χ1) is 6.29. The van der Waals surface area contributed by atoms with E-state index in [2.05, 4.69) is 21.3 Å². The van der Waals surface area contributed by atoms with Crippen LogP contribution in [0.1, 0.15) is 0 Å². The zero-order chi connectivity index (χ0) is 9.26. The van der Waals surface area contributed by atoms with Gasteiger partial charge in [-0.1, -0.05) is 5.16 Å². The van der Waals surface area contributed by atoms with Crippen LogP contribution in [0.5, 0.6) is 0 Å². The minimum absolute atomic E-state index is 0.00231. The quantitative estimate of drug-likeness (QED) is 0.352. The molecule has 0 saturated heterocycles. The lowest BCUT2D eigenvalue weighted by molar-refractivity contribution is -0.429. The predicted molar refractivity (Wildman–Crippen MR) is 43.2 cm³/mol. The largest absolute Gasteiger partial charge is 0.298 e. The molecule has 0 saturated carbocycles. The normalized spacial score (nSPS) is 24.2. The highest BCUT2D eigenvalue weighted by Gasteiger charge is 2.33. The average molecular weight is 179 g/mol. The van der Waals surface area contributed by atoms with Crippen molar-refractivity contribution in [2.24, 2.45) is 5.16 Å². The lowest BCUT2D eigenvalue weighted by Gasteiger charge is -2.03. The summed E-state index contributed by atoms with van der Waals surface area (Å²) >= 11 is 0. The van der Waals surface area contributed by atoms with Crippen LogP contribution < -0.4 is 5.48 Å². The number of hydrogen-bond donors (Lipinski definition) is 1. The van der Waals surface area contributed by atoms with Crippen LogP contribution in [-0.2, 0) is 4.94 Å².